The molecular formula is C45H36N6O4. The first-order chi connectivity index (χ1) is 27.0. The molecule has 10 heteroatoms. The van der Waals surface area contributed by atoms with E-state index in [1.165, 1.54) is 19.4 Å². The third-order valence-corrected chi connectivity index (χ3v) is 8.95. The number of hydrogen-bond acceptors (Lipinski definition) is 7. The first-order valence-electron chi connectivity index (χ1n) is 17.5. The summed E-state index contributed by atoms with van der Waals surface area (Å²) in [5.74, 6) is -1.34. The van der Waals surface area contributed by atoms with Gasteiger partial charge in [-0.05, 0) is 58.7 Å². The highest BCUT2D eigenvalue weighted by atomic mass is 16.5. The minimum Gasteiger partial charge on any atom is -0.478 e. The molecule has 0 aliphatic heterocycles. The number of para-hydroxylation sites is 2. The van der Waals surface area contributed by atoms with E-state index in [1.807, 2.05) is 131 Å². The van der Waals surface area contributed by atoms with E-state index in [2.05, 4.69) is 22.1 Å². The largest absolute Gasteiger partial charge is 0.478 e. The van der Waals surface area contributed by atoms with Crippen molar-refractivity contribution in [3.63, 3.8) is 0 Å². The molecule has 0 aliphatic rings. The Hall–Kier alpha value is -7.46. The summed E-state index contributed by atoms with van der Waals surface area (Å²) in [7, 11) is 1.38. The summed E-state index contributed by atoms with van der Waals surface area (Å²) in [6.45, 7) is 0. The topological polar surface area (TPSA) is 125 Å². The molecule has 55 heavy (non-hydrogen) atoms. The van der Waals surface area contributed by atoms with Crippen LogP contribution in [-0.4, -0.2) is 53.7 Å². The molecule has 0 spiro atoms. The van der Waals surface area contributed by atoms with Crippen LogP contribution in [0.25, 0.3) is 33.6 Å². The molecule has 0 saturated heterocycles. The lowest BCUT2D eigenvalue weighted by Gasteiger charge is -2.07. The average Bonchev–Trinajstić information content (AvgIpc) is 3.87. The van der Waals surface area contributed by atoms with Gasteiger partial charge in [0.25, 0.3) is 0 Å². The Morgan fingerprint density at radius 3 is 1.38 bits per heavy atom. The fourth-order valence-corrected chi connectivity index (χ4v) is 6.24. The fraction of sp³-hybridized carbons (Fsp3) is 0.0667. The van der Waals surface area contributed by atoms with Crippen LogP contribution in [0.1, 0.15) is 43.2 Å². The Morgan fingerprint density at radius 2 is 0.964 bits per heavy atom. The Balaban J connectivity index is 0.000000169. The molecule has 0 radical (unpaired) electrons. The van der Waals surface area contributed by atoms with Gasteiger partial charge in [0.15, 0.2) is 0 Å². The van der Waals surface area contributed by atoms with Crippen LogP contribution in [0, 0.1) is 0 Å². The van der Waals surface area contributed by atoms with Crippen LogP contribution in [0.15, 0.2) is 171 Å². The quantitative estimate of drug-likeness (QED) is 0.139. The van der Waals surface area contributed by atoms with Crippen LogP contribution in [-0.2, 0) is 17.6 Å². The number of carboxylic acids is 1. The summed E-state index contributed by atoms with van der Waals surface area (Å²) < 4.78 is 8.61. The number of benzene rings is 4. The summed E-state index contributed by atoms with van der Waals surface area (Å²) in [6, 6.07) is 43.1. The second-order valence-corrected chi connectivity index (χ2v) is 12.5. The van der Waals surface area contributed by atoms with Crippen LogP contribution < -0.4 is 0 Å². The number of rotatable bonds is 10. The van der Waals surface area contributed by atoms with E-state index in [9.17, 15) is 14.7 Å². The molecule has 0 unspecified atom stereocenters. The standard InChI is InChI=1S/C23H19N3O2.C22H17N3O2/c1-28-23(27)20-12-13-24-15-18(20)14-22-21(17-8-4-2-5-9-17)16-26(25-22)19-10-6-3-7-11-19;26-22(27)19-11-12-23-14-17(19)13-21-20(16-7-3-1-4-8-16)15-25(24-21)18-9-5-2-6-10-18/h2-13,15-16H,14H2,1H3;1-12,14-15H,13H2,(H,26,27). The van der Waals surface area contributed by atoms with Crippen molar-refractivity contribution in [3.05, 3.63) is 204 Å². The van der Waals surface area contributed by atoms with Crippen molar-refractivity contribution >= 4 is 11.9 Å². The van der Waals surface area contributed by atoms with E-state index in [4.69, 9.17) is 14.9 Å². The third kappa shape index (κ3) is 8.45. The van der Waals surface area contributed by atoms with E-state index in [0.29, 0.717) is 24.0 Å². The monoisotopic (exact) mass is 724 g/mol. The Kier molecular flexibility index (Phi) is 11.0. The number of methoxy groups -OCH3 is 1. The van der Waals surface area contributed by atoms with Crippen molar-refractivity contribution in [2.24, 2.45) is 0 Å². The molecule has 0 saturated carbocycles. The summed E-state index contributed by atoms with van der Waals surface area (Å²) in [5, 5.41) is 19.0. The van der Waals surface area contributed by atoms with Gasteiger partial charge in [0.2, 0.25) is 0 Å². The highest BCUT2D eigenvalue weighted by Gasteiger charge is 2.19. The van der Waals surface area contributed by atoms with Crippen LogP contribution in [0.5, 0.6) is 0 Å². The molecule has 1 N–H and O–H groups in total. The fourth-order valence-electron chi connectivity index (χ4n) is 6.24. The van der Waals surface area contributed by atoms with E-state index >= 15 is 0 Å². The molecule has 4 aromatic carbocycles. The lowest BCUT2D eigenvalue weighted by Crippen LogP contribution is -2.07. The zero-order valence-electron chi connectivity index (χ0n) is 29.9. The molecule has 4 heterocycles. The number of nitrogens with zero attached hydrogens (tertiary/aromatic N) is 6. The predicted octanol–water partition coefficient (Wildman–Crippen LogP) is 8.54. The van der Waals surface area contributed by atoms with Crippen molar-refractivity contribution in [3.8, 4) is 33.6 Å². The Bertz CT molecular complexity index is 2520. The first kappa shape index (κ1) is 35.9. The van der Waals surface area contributed by atoms with Crippen molar-refractivity contribution in [1.82, 2.24) is 29.5 Å². The van der Waals surface area contributed by atoms with Gasteiger partial charge >= 0.3 is 11.9 Å². The summed E-state index contributed by atoms with van der Waals surface area (Å²) in [6.07, 6.45) is 11.2. The van der Waals surface area contributed by atoms with E-state index in [1.54, 1.807) is 24.7 Å². The van der Waals surface area contributed by atoms with Crippen molar-refractivity contribution in [1.29, 1.82) is 0 Å². The van der Waals surface area contributed by atoms with Crippen molar-refractivity contribution < 1.29 is 19.4 Å². The Labute approximate surface area is 318 Å². The molecule has 0 atom stereocenters. The maximum atomic E-state index is 12.1. The van der Waals surface area contributed by atoms with Crippen LogP contribution >= 0.6 is 0 Å². The maximum absolute atomic E-state index is 12.1. The summed E-state index contributed by atoms with van der Waals surface area (Å²) >= 11 is 0. The van der Waals surface area contributed by atoms with Crippen LogP contribution in [0.4, 0.5) is 0 Å². The van der Waals surface area contributed by atoms with Gasteiger partial charge in [0.05, 0.1) is 41.0 Å². The highest BCUT2D eigenvalue weighted by molar-refractivity contribution is 5.91. The number of carboxylic acid groups (broad SMARTS) is 1. The molecular weight excluding hydrogens is 689 g/mol. The van der Waals surface area contributed by atoms with Crippen LogP contribution in [0.3, 0.4) is 0 Å². The van der Waals surface area contributed by atoms with Gasteiger partial charge in [0, 0.05) is 61.1 Å². The molecule has 0 aliphatic carbocycles. The van der Waals surface area contributed by atoms with E-state index < -0.39 is 5.97 Å². The normalized spacial score (nSPS) is 10.6. The number of ether oxygens (including phenoxy) is 1. The van der Waals surface area contributed by atoms with Gasteiger partial charge in [-0.25, -0.2) is 19.0 Å². The van der Waals surface area contributed by atoms with Gasteiger partial charge in [-0.1, -0.05) is 97.1 Å². The minimum absolute atomic E-state index is 0.248. The van der Waals surface area contributed by atoms with E-state index in [0.717, 1.165) is 50.6 Å². The first-order valence-corrected chi connectivity index (χ1v) is 17.5. The molecule has 0 amide bonds. The summed E-state index contributed by atoms with van der Waals surface area (Å²) in [5.41, 5.74) is 9.88. The number of esters is 1. The number of carbonyl (C=O) groups excluding carboxylic acids is 1. The number of pyridine rings is 2. The van der Waals surface area contributed by atoms with E-state index in [-0.39, 0.29) is 11.5 Å². The van der Waals surface area contributed by atoms with Gasteiger partial charge in [-0.2, -0.15) is 10.2 Å². The number of carbonyl (C=O) groups is 2. The second kappa shape index (κ2) is 16.9. The zero-order valence-corrected chi connectivity index (χ0v) is 29.9. The lowest BCUT2D eigenvalue weighted by molar-refractivity contribution is 0.0598. The molecule has 4 aromatic heterocycles. The number of aromatic carboxylic acids is 1. The maximum Gasteiger partial charge on any atom is 0.338 e. The van der Waals surface area contributed by atoms with Crippen molar-refractivity contribution in [2.75, 3.05) is 7.11 Å². The smallest absolute Gasteiger partial charge is 0.338 e. The average molecular weight is 725 g/mol. The Morgan fingerprint density at radius 1 is 0.564 bits per heavy atom. The molecule has 8 aromatic rings. The number of aromatic nitrogens is 6. The van der Waals surface area contributed by atoms with Crippen LogP contribution in [0.2, 0.25) is 0 Å². The number of hydrogen-bond donors (Lipinski definition) is 1. The third-order valence-electron chi connectivity index (χ3n) is 8.95. The lowest BCUT2D eigenvalue weighted by atomic mass is 10.00. The molecule has 270 valence electrons. The molecule has 0 fully saturated rings. The van der Waals surface area contributed by atoms with Gasteiger partial charge in [-0.15, -0.1) is 0 Å². The minimum atomic E-state index is -0.962. The predicted molar refractivity (Wildman–Crippen MR) is 210 cm³/mol. The van der Waals surface area contributed by atoms with Gasteiger partial charge in [0.1, 0.15) is 0 Å². The molecule has 8 rings (SSSR count). The van der Waals surface area contributed by atoms with Gasteiger partial charge < -0.3 is 9.84 Å². The SMILES string of the molecule is COC(=O)c1ccncc1Cc1nn(-c2ccccc2)cc1-c1ccccc1.O=C(O)c1ccncc1Cc1nn(-c2ccccc2)cc1-c1ccccc1. The summed E-state index contributed by atoms with van der Waals surface area (Å²) in [4.78, 5) is 31.9. The molecule has 0 bridgehead atoms. The van der Waals surface area contributed by atoms with Crippen molar-refractivity contribution in [2.45, 2.75) is 12.8 Å². The second-order valence-electron chi connectivity index (χ2n) is 12.5. The highest BCUT2D eigenvalue weighted by Crippen LogP contribution is 2.29. The van der Waals surface area contributed by atoms with Gasteiger partial charge in [-0.3, -0.25) is 9.97 Å². The zero-order chi connectivity index (χ0) is 38.0. The molecule has 10 nitrogen and oxygen atoms in total.